The van der Waals surface area contributed by atoms with E-state index in [-0.39, 0.29) is 30.3 Å². The molecule has 1 aliphatic rings. The Kier molecular flexibility index (Phi) is 6.80. The molecule has 0 atom stereocenters. The molecule has 1 aromatic carbocycles. The van der Waals surface area contributed by atoms with Crippen LogP contribution in [0.4, 0.5) is 18.9 Å². The number of ether oxygens (including phenoxy) is 1. The number of hydrogen-bond acceptors (Lipinski definition) is 4. The van der Waals surface area contributed by atoms with Gasteiger partial charge in [0.05, 0.1) is 24.0 Å². The Morgan fingerprint density at radius 3 is 2.80 bits per heavy atom. The Hall–Kier alpha value is -3.24. The van der Waals surface area contributed by atoms with Crippen molar-refractivity contribution in [2.75, 3.05) is 31.1 Å². The average molecular weight is 424 g/mol. The van der Waals surface area contributed by atoms with Crippen LogP contribution in [0.1, 0.15) is 12.5 Å². The van der Waals surface area contributed by atoms with Crippen molar-refractivity contribution in [2.24, 2.45) is 12.0 Å². The van der Waals surface area contributed by atoms with E-state index in [1.54, 1.807) is 33.9 Å². The lowest BCUT2D eigenvalue weighted by molar-refractivity contribution is -0.120. The Labute approximate surface area is 171 Å². The van der Waals surface area contributed by atoms with Gasteiger partial charge in [-0.2, -0.15) is 13.9 Å². The lowest BCUT2D eigenvalue weighted by Gasteiger charge is -2.35. The molecule has 1 fully saturated rings. The van der Waals surface area contributed by atoms with Crippen LogP contribution in [0.5, 0.6) is 5.75 Å². The van der Waals surface area contributed by atoms with E-state index < -0.39 is 12.4 Å². The molecule has 0 saturated carbocycles. The minimum atomic E-state index is -3.07. The number of hydrogen-bond donors (Lipinski definition) is 1. The lowest BCUT2D eigenvalue weighted by Crippen LogP contribution is -2.55. The number of aryl methyl sites for hydroxylation is 1. The summed E-state index contributed by atoms with van der Waals surface area (Å²) in [6.45, 7) is 0.0804. The Morgan fingerprint density at radius 1 is 1.37 bits per heavy atom. The van der Waals surface area contributed by atoms with Gasteiger partial charge < -0.3 is 19.9 Å². The van der Waals surface area contributed by atoms with Crippen molar-refractivity contribution in [3.63, 3.8) is 0 Å². The third-order valence-electron chi connectivity index (χ3n) is 4.54. The molecular weight excluding hydrogens is 401 g/mol. The molecule has 11 heteroatoms. The summed E-state index contributed by atoms with van der Waals surface area (Å²) in [5, 5.41) is 7.14. The van der Waals surface area contributed by atoms with Gasteiger partial charge >= 0.3 is 6.61 Å². The van der Waals surface area contributed by atoms with Crippen LogP contribution in [0.15, 0.2) is 35.6 Å². The number of piperazine rings is 1. The fourth-order valence-corrected chi connectivity index (χ4v) is 3.15. The Balaban J connectivity index is 1.75. The van der Waals surface area contributed by atoms with E-state index in [4.69, 9.17) is 0 Å². The van der Waals surface area contributed by atoms with Crippen molar-refractivity contribution in [2.45, 2.75) is 20.1 Å². The van der Waals surface area contributed by atoms with Gasteiger partial charge in [0.15, 0.2) is 5.96 Å². The summed E-state index contributed by atoms with van der Waals surface area (Å²) >= 11 is 0. The highest BCUT2D eigenvalue weighted by atomic mass is 19.3. The van der Waals surface area contributed by atoms with Crippen molar-refractivity contribution in [1.82, 2.24) is 20.0 Å². The van der Waals surface area contributed by atoms with Crippen LogP contribution in [0.3, 0.4) is 0 Å². The van der Waals surface area contributed by atoms with Gasteiger partial charge in [-0.3, -0.25) is 9.48 Å². The number of halogens is 3. The number of carbonyl (C=O) groups is 1. The number of carbonyl (C=O) groups excluding carboxylic acids is 1. The third kappa shape index (κ3) is 5.02. The number of anilines is 1. The topological polar surface area (TPSA) is 75.0 Å². The summed E-state index contributed by atoms with van der Waals surface area (Å²) < 4.78 is 45.4. The monoisotopic (exact) mass is 424 g/mol. The molecule has 1 amide bonds. The van der Waals surface area contributed by atoms with Crippen LogP contribution >= 0.6 is 0 Å². The zero-order valence-electron chi connectivity index (χ0n) is 16.7. The molecule has 1 saturated heterocycles. The molecule has 1 N–H and O–H groups in total. The predicted molar refractivity (Wildman–Crippen MR) is 105 cm³/mol. The van der Waals surface area contributed by atoms with Crippen molar-refractivity contribution in [3.8, 4) is 5.75 Å². The van der Waals surface area contributed by atoms with Crippen LogP contribution in [-0.2, 0) is 18.4 Å². The maximum absolute atomic E-state index is 14.2. The summed E-state index contributed by atoms with van der Waals surface area (Å²) in [6, 6.07) is 3.72. The van der Waals surface area contributed by atoms with Gasteiger partial charge in [0.1, 0.15) is 18.1 Å². The number of rotatable bonds is 6. The highest BCUT2D eigenvalue weighted by Gasteiger charge is 2.27. The molecule has 1 aliphatic heterocycles. The zero-order chi connectivity index (χ0) is 21.7. The number of aromatic nitrogens is 2. The number of nitrogens with one attached hydrogen (secondary N) is 1. The van der Waals surface area contributed by atoms with E-state index in [1.807, 2.05) is 6.92 Å². The Bertz CT molecular complexity index is 917. The first kappa shape index (κ1) is 21.5. The van der Waals surface area contributed by atoms with E-state index >= 15 is 0 Å². The van der Waals surface area contributed by atoms with E-state index in [9.17, 15) is 18.0 Å². The molecule has 0 bridgehead atoms. The summed E-state index contributed by atoms with van der Waals surface area (Å²) in [4.78, 5) is 20.4. The minimum Gasteiger partial charge on any atom is -0.434 e. The first-order chi connectivity index (χ1) is 14.4. The van der Waals surface area contributed by atoms with Crippen LogP contribution in [0.25, 0.3) is 0 Å². The van der Waals surface area contributed by atoms with Crippen LogP contribution < -0.4 is 15.0 Å². The van der Waals surface area contributed by atoms with E-state index in [1.165, 1.54) is 12.1 Å². The lowest BCUT2D eigenvalue weighted by atomic mass is 10.2. The fraction of sp³-hybridized carbons (Fsp3) is 0.421. The zero-order valence-corrected chi connectivity index (χ0v) is 16.7. The van der Waals surface area contributed by atoms with Crippen molar-refractivity contribution in [3.05, 3.63) is 42.0 Å². The second-order valence-corrected chi connectivity index (χ2v) is 6.60. The maximum atomic E-state index is 14.2. The number of nitrogens with zero attached hydrogens (tertiary/aromatic N) is 5. The smallest absolute Gasteiger partial charge is 0.387 e. The second-order valence-electron chi connectivity index (χ2n) is 6.60. The summed E-state index contributed by atoms with van der Waals surface area (Å²) in [5.41, 5.74) is 0.637. The molecule has 0 aliphatic carbocycles. The molecule has 30 heavy (non-hydrogen) atoms. The molecule has 3 rings (SSSR count). The van der Waals surface area contributed by atoms with Crippen LogP contribution in [-0.4, -0.2) is 59.3 Å². The quantitative estimate of drug-likeness (QED) is 0.567. The number of alkyl halides is 2. The molecule has 2 aromatic rings. The fourth-order valence-electron chi connectivity index (χ4n) is 3.15. The minimum absolute atomic E-state index is 0.0678. The third-order valence-corrected chi connectivity index (χ3v) is 4.54. The molecule has 0 spiro atoms. The average Bonchev–Trinajstić information content (AvgIpc) is 3.12. The maximum Gasteiger partial charge on any atom is 0.387 e. The van der Waals surface area contributed by atoms with Gasteiger partial charge in [-0.25, -0.2) is 9.38 Å². The molecule has 8 nitrogen and oxygen atoms in total. The molecule has 162 valence electrons. The normalized spacial score (nSPS) is 15.1. The number of benzene rings is 1. The molecule has 1 aromatic heterocycles. The Morgan fingerprint density at radius 2 is 2.17 bits per heavy atom. The summed E-state index contributed by atoms with van der Waals surface area (Å²) in [5.74, 6) is -0.692. The summed E-state index contributed by atoms with van der Waals surface area (Å²) in [7, 11) is 1.77. The second kappa shape index (κ2) is 9.51. The van der Waals surface area contributed by atoms with E-state index in [0.717, 1.165) is 6.07 Å². The van der Waals surface area contributed by atoms with Gasteiger partial charge in [-0.1, -0.05) is 6.07 Å². The standard InChI is InChI=1S/C19H23F3N6O2/c1-3-23-19(24-10-14-15(20)5-4-6-16(14)30-18(21)22)27-7-8-28(17(29)12-27)13-9-25-26(2)11-13/h4-6,9,11,18H,3,7-8,10,12H2,1-2H3,(H,23,24). The number of guanidine groups is 1. The van der Waals surface area contributed by atoms with E-state index in [0.29, 0.717) is 31.3 Å². The predicted octanol–water partition coefficient (Wildman–Crippen LogP) is 1.97. The first-order valence-electron chi connectivity index (χ1n) is 9.43. The van der Waals surface area contributed by atoms with Crippen LogP contribution in [0.2, 0.25) is 0 Å². The summed E-state index contributed by atoms with van der Waals surface area (Å²) in [6.07, 6.45) is 3.38. The number of amides is 1. The molecule has 2 heterocycles. The van der Waals surface area contributed by atoms with Gasteiger partial charge in [0.2, 0.25) is 5.91 Å². The largest absolute Gasteiger partial charge is 0.434 e. The SMILES string of the molecule is CCNC(=NCc1c(F)cccc1OC(F)F)N1CCN(c2cnn(C)c2)C(=O)C1. The van der Waals surface area contributed by atoms with Gasteiger partial charge in [-0.05, 0) is 19.1 Å². The van der Waals surface area contributed by atoms with Gasteiger partial charge in [-0.15, -0.1) is 0 Å². The molecular formula is C19H23F3N6O2. The highest BCUT2D eigenvalue weighted by molar-refractivity contribution is 5.98. The molecule has 0 radical (unpaired) electrons. The van der Waals surface area contributed by atoms with Gasteiger partial charge in [0, 0.05) is 32.9 Å². The number of aliphatic imine (C=N–C) groups is 1. The van der Waals surface area contributed by atoms with Crippen molar-refractivity contribution < 1.29 is 22.7 Å². The van der Waals surface area contributed by atoms with Gasteiger partial charge in [0.25, 0.3) is 0 Å². The van der Waals surface area contributed by atoms with Crippen LogP contribution in [0, 0.1) is 5.82 Å². The highest BCUT2D eigenvalue weighted by Crippen LogP contribution is 2.24. The van der Waals surface area contributed by atoms with E-state index in [2.05, 4.69) is 20.1 Å². The first-order valence-corrected chi connectivity index (χ1v) is 9.43. The van der Waals surface area contributed by atoms with Crippen molar-refractivity contribution >= 4 is 17.6 Å². The van der Waals surface area contributed by atoms with Crippen molar-refractivity contribution in [1.29, 1.82) is 0 Å². The molecule has 0 unspecified atom stereocenters.